The van der Waals surface area contributed by atoms with Gasteiger partial charge in [0.2, 0.25) is 0 Å². The van der Waals surface area contributed by atoms with Crippen LogP contribution in [0.15, 0.2) is 0 Å². The first-order valence-corrected chi connectivity index (χ1v) is 36.6. The van der Waals surface area contributed by atoms with Crippen molar-refractivity contribution in [2.24, 2.45) is 0 Å². The summed E-state index contributed by atoms with van der Waals surface area (Å²) >= 11 is 0. The fourth-order valence-corrected chi connectivity index (χ4v) is 16.9. The molecule has 0 N–H and O–H groups in total. The zero-order chi connectivity index (χ0) is 49.8. The van der Waals surface area contributed by atoms with Gasteiger partial charge in [-0.2, -0.15) is 0 Å². The van der Waals surface area contributed by atoms with Gasteiger partial charge < -0.3 is 0 Å². The second-order valence-corrected chi connectivity index (χ2v) is 28.5. The number of hydrogen-bond donors (Lipinski definition) is 0. The first-order valence-electron chi connectivity index (χ1n) is 34.1. The van der Waals surface area contributed by atoms with Gasteiger partial charge in [-0.05, 0) is 51.4 Å². The third-order valence-electron chi connectivity index (χ3n) is 16.9. The zero-order valence-electron chi connectivity index (χ0n) is 49.7. The van der Waals surface area contributed by atoms with Crippen LogP contribution in [-0.4, -0.2) is 24.6 Å². The summed E-state index contributed by atoms with van der Waals surface area (Å²) in [6, 6.07) is 0. The number of hydrogen-bond acceptors (Lipinski definition) is 0. The lowest BCUT2D eigenvalue weighted by Gasteiger charge is -2.28. The van der Waals surface area contributed by atoms with E-state index in [4.69, 9.17) is 0 Å². The van der Waals surface area contributed by atoms with Crippen molar-refractivity contribution in [1.82, 2.24) is 0 Å². The van der Waals surface area contributed by atoms with Crippen molar-refractivity contribution in [1.29, 1.82) is 0 Å². The molecule has 0 aliphatic carbocycles. The van der Waals surface area contributed by atoms with Crippen molar-refractivity contribution in [2.45, 2.75) is 413 Å². The largest absolute Gasteiger partial charge is 0.0654 e. The van der Waals surface area contributed by atoms with Crippen LogP contribution >= 0.6 is 7.26 Å². The highest BCUT2D eigenvalue weighted by molar-refractivity contribution is 7.75. The normalized spacial score (nSPS) is 12.0. The Labute approximate surface area is 442 Å². The Bertz CT molecular complexity index is 722. The van der Waals surface area contributed by atoms with Gasteiger partial charge in [-0.15, -0.1) is 0 Å². The lowest BCUT2D eigenvalue weighted by atomic mass is 10.0. The molecular weight excluding hydrogens is 848 g/mol. The van der Waals surface area contributed by atoms with Crippen molar-refractivity contribution < 1.29 is 0 Å². The first-order chi connectivity index (χ1) is 34.2. The van der Waals surface area contributed by atoms with E-state index < -0.39 is 7.26 Å². The molecule has 0 aromatic heterocycles. The smallest absolute Gasteiger partial charge is 0.0594 e. The minimum Gasteiger partial charge on any atom is -0.0654 e. The predicted molar refractivity (Wildman–Crippen MR) is 326 cm³/mol. The maximum absolute atomic E-state index is 2.34. The van der Waals surface area contributed by atoms with Crippen LogP contribution < -0.4 is 0 Å². The molecule has 0 saturated heterocycles. The van der Waals surface area contributed by atoms with Crippen LogP contribution in [0.1, 0.15) is 413 Å². The van der Waals surface area contributed by atoms with Gasteiger partial charge in [-0.3, -0.25) is 0 Å². The Balaban J connectivity index is 4.95. The summed E-state index contributed by atoms with van der Waals surface area (Å²) in [7, 11) is -0.842. The second kappa shape index (κ2) is 62.7. The Kier molecular flexibility index (Phi) is 63.1. The standard InChI is InChI=1S/C68H140P/c1-5-9-13-17-21-25-29-33-37-41-45-49-53-57-61-65-69(66-62-58-54-50-46-42-38-34-30-26-22-18-14-10-6-2,67-63-59-55-51-47-43-39-35-31-27-23-19-15-11-7-3)68-64-60-56-52-48-44-40-36-32-28-24-20-16-12-8-4/h5-68H2,1-4H3/q+1. The Morgan fingerprint density at radius 2 is 0.203 bits per heavy atom. The van der Waals surface area contributed by atoms with Gasteiger partial charge in [0.1, 0.15) is 0 Å². The molecular formula is C68H140P+. The van der Waals surface area contributed by atoms with Crippen molar-refractivity contribution in [2.75, 3.05) is 24.6 Å². The molecule has 0 aromatic rings. The van der Waals surface area contributed by atoms with Crippen LogP contribution in [-0.2, 0) is 0 Å². The summed E-state index contributed by atoms with van der Waals surface area (Å²) < 4.78 is 0. The molecule has 0 radical (unpaired) electrons. The SMILES string of the molecule is CCCCCCCCCCCCCCCCC[P+](CCCCCCCCCCCCCCCCC)(CCCCCCCCCCCCCCCCC)CCCCCCCCCCCCCCCCC. The van der Waals surface area contributed by atoms with E-state index >= 15 is 0 Å². The lowest BCUT2D eigenvalue weighted by molar-refractivity contribution is 0.532. The maximum Gasteiger partial charge on any atom is 0.0594 e. The second-order valence-electron chi connectivity index (χ2n) is 24.0. The molecule has 0 atom stereocenters. The average Bonchev–Trinajstić information content (AvgIpc) is 3.36. The van der Waals surface area contributed by atoms with Crippen molar-refractivity contribution >= 4 is 7.26 Å². The van der Waals surface area contributed by atoms with Crippen molar-refractivity contribution in [3.63, 3.8) is 0 Å². The van der Waals surface area contributed by atoms with Gasteiger partial charge in [-0.25, -0.2) is 0 Å². The highest BCUT2D eigenvalue weighted by atomic mass is 31.2. The summed E-state index contributed by atoms with van der Waals surface area (Å²) in [6.45, 7) is 9.34. The lowest BCUT2D eigenvalue weighted by Crippen LogP contribution is -2.13. The highest BCUT2D eigenvalue weighted by Crippen LogP contribution is 2.61. The predicted octanol–water partition coefficient (Wildman–Crippen LogP) is 26.5. The third kappa shape index (κ3) is 57.6. The van der Waals surface area contributed by atoms with Crippen LogP contribution in [0.5, 0.6) is 0 Å². The van der Waals surface area contributed by atoms with Gasteiger partial charge in [0.25, 0.3) is 0 Å². The number of unbranched alkanes of at least 4 members (excludes halogenated alkanes) is 56. The molecule has 0 aliphatic rings. The molecule has 0 bridgehead atoms. The van der Waals surface area contributed by atoms with Gasteiger partial charge in [0.15, 0.2) is 0 Å². The van der Waals surface area contributed by atoms with Crippen molar-refractivity contribution in [3.8, 4) is 0 Å². The summed E-state index contributed by atoms with van der Waals surface area (Å²) in [5, 5.41) is 0. The summed E-state index contributed by atoms with van der Waals surface area (Å²) in [5.74, 6) is 0. The molecule has 0 unspecified atom stereocenters. The summed E-state index contributed by atoms with van der Waals surface area (Å²) in [5.41, 5.74) is 0. The van der Waals surface area contributed by atoms with E-state index in [2.05, 4.69) is 27.7 Å². The minimum absolute atomic E-state index is 0.842. The maximum atomic E-state index is 2.34. The van der Waals surface area contributed by atoms with Gasteiger partial charge in [0, 0.05) is 7.26 Å². The van der Waals surface area contributed by atoms with Gasteiger partial charge in [0.05, 0.1) is 24.6 Å². The van der Waals surface area contributed by atoms with E-state index in [0.29, 0.717) is 0 Å². The van der Waals surface area contributed by atoms with Gasteiger partial charge >= 0.3 is 0 Å². The summed E-state index contributed by atoms with van der Waals surface area (Å²) in [6.07, 6.45) is 96.3. The Morgan fingerprint density at radius 1 is 0.116 bits per heavy atom. The first kappa shape index (κ1) is 69.4. The highest BCUT2D eigenvalue weighted by Gasteiger charge is 2.35. The van der Waals surface area contributed by atoms with E-state index in [1.54, 1.807) is 50.3 Å². The third-order valence-corrected chi connectivity index (χ3v) is 22.0. The number of rotatable bonds is 64. The molecule has 69 heavy (non-hydrogen) atoms. The monoisotopic (exact) mass is 988 g/mol. The molecule has 0 fully saturated rings. The van der Waals surface area contributed by atoms with Crippen molar-refractivity contribution in [3.05, 3.63) is 0 Å². The van der Waals surface area contributed by atoms with E-state index in [-0.39, 0.29) is 0 Å². The molecule has 0 saturated carbocycles. The molecule has 0 spiro atoms. The molecule has 0 nitrogen and oxygen atoms in total. The van der Waals surface area contributed by atoms with Crippen LogP contribution in [0.4, 0.5) is 0 Å². The topological polar surface area (TPSA) is 0 Å². The van der Waals surface area contributed by atoms with Crippen LogP contribution in [0.3, 0.4) is 0 Å². The van der Waals surface area contributed by atoms with Crippen LogP contribution in [0, 0.1) is 0 Å². The molecule has 0 aromatic carbocycles. The Morgan fingerprint density at radius 3 is 0.304 bits per heavy atom. The quantitative estimate of drug-likeness (QED) is 0.0421. The van der Waals surface area contributed by atoms with Crippen LogP contribution in [0.25, 0.3) is 0 Å². The molecule has 0 amide bonds. The molecule has 0 aliphatic heterocycles. The van der Waals surface area contributed by atoms with E-state index in [9.17, 15) is 0 Å². The Hall–Kier alpha value is 0.430. The zero-order valence-corrected chi connectivity index (χ0v) is 50.6. The fraction of sp³-hybridized carbons (Fsp3) is 1.00. The average molecular weight is 989 g/mol. The molecule has 0 heterocycles. The fourth-order valence-electron chi connectivity index (χ4n) is 11.9. The molecule has 416 valence electrons. The molecule has 1 heteroatoms. The van der Waals surface area contributed by atoms with E-state index in [0.717, 1.165) is 0 Å². The van der Waals surface area contributed by atoms with Gasteiger partial charge in [-0.1, -0.05) is 362 Å². The summed E-state index contributed by atoms with van der Waals surface area (Å²) in [4.78, 5) is 0. The van der Waals surface area contributed by atoms with E-state index in [1.165, 1.54) is 360 Å². The van der Waals surface area contributed by atoms with E-state index in [1.807, 2.05) is 0 Å². The molecule has 0 rings (SSSR count). The minimum atomic E-state index is -0.842. The van der Waals surface area contributed by atoms with Crippen LogP contribution in [0.2, 0.25) is 0 Å².